The molecule has 1 aliphatic carbocycles. The van der Waals surface area contributed by atoms with Crippen molar-refractivity contribution in [3.05, 3.63) is 0 Å². The Labute approximate surface area is 89.4 Å². The summed E-state index contributed by atoms with van der Waals surface area (Å²) >= 11 is 0. The van der Waals surface area contributed by atoms with E-state index in [-0.39, 0.29) is 17.6 Å². The molecule has 83 valence electrons. The van der Waals surface area contributed by atoms with Crippen LogP contribution in [0, 0.1) is 5.92 Å². The van der Waals surface area contributed by atoms with Gasteiger partial charge in [0.25, 0.3) is 0 Å². The van der Waals surface area contributed by atoms with Crippen LogP contribution >= 0.6 is 0 Å². The third-order valence-corrected chi connectivity index (χ3v) is 2.65. The van der Waals surface area contributed by atoms with Crippen molar-refractivity contribution < 1.29 is 14.4 Å². The molecule has 0 unspecified atom stereocenters. The topological polar surface area (TPSA) is 63.2 Å². The number of amides is 1. The van der Waals surface area contributed by atoms with E-state index >= 15 is 0 Å². The van der Waals surface area contributed by atoms with Gasteiger partial charge in [-0.05, 0) is 12.8 Å². The van der Waals surface area contributed by atoms with E-state index in [1.165, 1.54) is 0 Å². The molecule has 4 nitrogen and oxygen atoms in total. The maximum Gasteiger partial charge on any atom is 0.224 e. The average molecular weight is 210 g/mol. The van der Waals surface area contributed by atoms with Gasteiger partial charge < -0.3 is 5.32 Å². The Morgan fingerprint density at radius 2 is 2.40 bits per heavy atom. The minimum atomic E-state index is -0.516. The van der Waals surface area contributed by atoms with Gasteiger partial charge >= 0.3 is 0 Å². The Morgan fingerprint density at radius 3 is 2.87 bits per heavy atom. The lowest BCUT2D eigenvalue weighted by molar-refractivity contribution is -0.126. The number of ketones is 1. The molecule has 1 aliphatic rings. The van der Waals surface area contributed by atoms with Crippen molar-refractivity contribution >= 4 is 18.0 Å². The predicted molar refractivity (Wildman–Crippen MR) is 54.9 cm³/mol. The van der Waals surface area contributed by atoms with Gasteiger partial charge in [0.15, 0.2) is 0 Å². The highest BCUT2D eigenvalue weighted by Crippen LogP contribution is 2.21. The van der Waals surface area contributed by atoms with Crippen molar-refractivity contribution in [1.82, 2.24) is 5.32 Å². The molecule has 0 saturated heterocycles. The van der Waals surface area contributed by atoms with Crippen LogP contribution in [-0.4, -0.2) is 24.0 Å². The van der Waals surface area contributed by atoms with E-state index in [1.54, 1.807) is 6.29 Å². The third kappa shape index (κ3) is 3.46. The quantitative estimate of drug-likeness (QED) is 0.728. The van der Waals surface area contributed by atoms with Gasteiger partial charge in [-0.2, -0.15) is 0 Å². The fourth-order valence-electron chi connectivity index (χ4n) is 1.78. The highest BCUT2D eigenvalue weighted by molar-refractivity contribution is 5.91. The molecular formula is C11H16NO3. The van der Waals surface area contributed by atoms with E-state index in [0.717, 1.165) is 6.42 Å². The molecule has 0 aromatic carbocycles. The van der Waals surface area contributed by atoms with Crippen molar-refractivity contribution in [3.63, 3.8) is 0 Å². The first-order valence-electron chi connectivity index (χ1n) is 5.37. The van der Waals surface area contributed by atoms with Crippen LogP contribution < -0.4 is 5.32 Å². The van der Waals surface area contributed by atoms with Gasteiger partial charge in [-0.25, -0.2) is 0 Å². The third-order valence-electron chi connectivity index (χ3n) is 2.65. The summed E-state index contributed by atoms with van der Waals surface area (Å²) in [6.45, 7) is 1.94. The molecule has 4 heteroatoms. The molecule has 0 aromatic heterocycles. The van der Waals surface area contributed by atoms with Crippen molar-refractivity contribution in [2.45, 2.75) is 45.1 Å². The van der Waals surface area contributed by atoms with E-state index in [4.69, 9.17) is 0 Å². The number of hydrogen-bond acceptors (Lipinski definition) is 3. The molecule has 1 N–H and O–H groups in total. The number of rotatable bonds is 5. The summed E-state index contributed by atoms with van der Waals surface area (Å²) in [7, 11) is 0. The van der Waals surface area contributed by atoms with Crippen LogP contribution in [0.3, 0.4) is 0 Å². The first-order chi connectivity index (χ1) is 7.17. The highest BCUT2D eigenvalue weighted by Gasteiger charge is 2.29. The molecule has 0 spiro atoms. The Hall–Kier alpha value is -1.19. The van der Waals surface area contributed by atoms with Crippen LogP contribution in [0.5, 0.6) is 0 Å². The van der Waals surface area contributed by atoms with Crippen LogP contribution in [0.2, 0.25) is 0 Å². The first kappa shape index (κ1) is 11.9. The summed E-state index contributed by atoms with van der Waals surface area (Å²) in [6, 6.07) is -0.516. The summed E-state index contributed by atoms with van der Waals surface area (Å²) in [4.78, 5) is 33.1. The second kappa shape index (κ2) is 5.63. The summed E-state index contributed by atoms with van der Waals surface area (Å²) < 4.78 is 0. The molecule has 1 rings (SSSR count). The molecule has 0 heterocycles. The lowest BCUT2D eigenvalue weighted by atomic mass is 10.1. The van der Waals surface area contributed by atoms with Gasteiger partial charge in [-0.15, -0.1) is 0 Å². The second-order valence-corrected chi connectivity index (χ2v) is 3.95. The number of Topliss-reactive ketones (excluding diaryl/α,β-unsaturated/α-hetero) is 1. The van der Waals surface area contributed by atoms with Crippen molar-refractivity contribution in [3.8, 4) is 0 Å². The van der Waals surface area contributed by atoms with Crippen LogP contribution in [0.1, 0.15) is 39.0 Å². The van der Waals surface area contributed by atoms with Crippen LogP contribution in [0.4, 0.5) is 0 Å². The first-order valence-corrected chi connectivity index (χ1v) is 5.37. The summed E-state index contributed by atoms with van der Waals surface area (Å²) in [5.41, 5.74) is 0. The lowest BCUT2D eigenvalue weighted by Gasteiger charge is -2.13. The van der Waals surface area contributed by atoms with E-state index in [2.05, 4.69) is 5.32 Å². The SMILES string of the molecule is CCC[C@@H]([C]=O)NC(=O)[C@@H]1CCC(=O)C1. The summed E-state index contributed by atoms with van der Waals surface area (Å²) in [6.07, 6.45) is 4.66. The zero-order valence-corrected chi connectivity index (χ0v) is 8.91. The largest absolute Gasteiger partial charge is 0.346 e. The minimum absolute atomic E-state index is 0.136. The van der Waals surface area contributed by atoms with Crippen molar-refractivity contribution in [2.24, 2.45) is 5.92 Å². The van der Waals surface area contributed by atoms with Crippen molar-refractivity contribution in [1.29, 1.82) is 0 Å². The van der Waals surface area contributed by atoms with E-state index in [0.29, 0.717) is 25.7 Å². The molecule has 1 fully saturated rings. The summed E-state index contributed by atoms with van der Waals surface area (Å²) in [5.74, 6) is -0.273. The van der Waals surface area contributed by atoms with E-state index in [1.807, 2.05) is 6.92 Å². The van der Waals surface area contributed by atoms with Gasteiger partial charge in [0, 0.05) is 18.8 Å². The molecular weight excluding hydrogens is 194 g/mol. The average Bonchev–Trinajstić information content (AvgIpc) is 2.64. The zero-order valence-electron chi connectivity index (χ0n) is 8.91. The van der Waals surface area contributed by atoms with Gasteiger partial charge in [-0.3, -0.25) is 14.4 Å². The van der Waals surface area contributed by atoms with Gasteiger partial charge in [0.05, 0.1) is 6.04 Å². The van der Waals surface area contributed by atoms with Crippen molar-refractivity contribution in [2.75, 3.05) is 0 Å². The van der Waals surface area contributed by atoms with E-state index < -0.39 is 6.04 Å². The maximum absolute atomic E-state index is 11.6. The van der Waals surface area contributed by atoms with Gasteiger partial charge in [0.2, 0.25) is 12.2 Å². The normalized spacial score (nSPS) is 22.5. The molecule has 0 aliphatic heterocycles. The molecule has 0 bridgehead atoms. The van der Waals surface area contributed by atoms with Crippen LogP contribution in [0.25, 0.3) is 0 Å². The maximum atomic E-state index is 11.6. The van der Waals surface area contributed by atoms with Crippen LogP contribution in [0.15, 0.2) is 0 Å². The molecule has 0 aromatic rings. The Bertz CT molecular complexity index is 263. The monoisotopic (exact) mass is 210 g/mol. The smallest absolute Gasteiger partial charge is 0.224 e. The molecule has 15 heavy (non-hydrogen) atoms. The Balaban J connectivity index is 2.40. The fourth-order valence-corrected chi connectivity index (χ4v) is 1.78. The molecule has 1 amide bonds. The summed E-state index contributed by atoms with van der Waals surface area (Å²) in [5, 5.41) is 2.62. The van der Waals surface area contributed by atoms with Gasteiger partial charge in [-0.1, -0.05) is 13.3 Å². The minimum Gasteiger partial charge on any atom is -0.346 e. The molecule has 2 atom stereocenters. The fraction of sp³-hybridized carbons (Fsp3) is 0.727. The molecule has 1 radical (unpaired) electrons. The Kier molecular flexibility index (Phi) is 4.46. The highest BCUT2D eigenvalue weighted by atomic mass is 16.2. The zero-order chi connectivity index (χ0) is 11.3. The van der Waals surface area contributed by atoms with Crippen LogP contribution in [-0.2, 0) is 14.4 Å². The molecule has 1 saturated carbocycles. The Morgan fingerprint density at radius 1 is 1.67 bits per heavy atom. The standard InChI is InChI=1S/C11H16NO3/c1-2-3-9(7-13)12-11(15)8-4-5-10(14)6-8/h8-9H,2-6H2,1H3,(H,12,15)/t8-,9+/m1/s1. The number of nitrogens with one attached hydrogen (secondary N) is 1. The van der Waals surface area contributed by atoms with Gasteiger partial charge in [0.1, 0.15) is 5.78 Å². The lowest BCUT2D eigenvalue weighted by Crippen LogP contribution is -2.39. The predicted octanol–water partition coefficient (Wildman–Crippen LogP) is 0.750. The van der Waals surface area contributed by atoms with E-state index in [9.17, 15) is 14.4 Å². The number of carbonyl (C=O) groups is 2. The number of hydrogen-bond donors (Lipinski definition) is 1. The second-order valence-electron chi connectivity index (χ2n) is 3.95. The number of carbonyl (C=O) groups excluding carboxylic acids is 3.